The van der Waals surface area contributed by atoms with Crippen LogP contribution in [-0.4, -0.2) is 165 Å². The Bertz CT molecular complexity index is 3990. The lowest BCUT2D eigenvalue weighted by Gasteiger charge is -2.40. The second-order valence-corrected chi connectivity index (χ2v) is 31.9. The standard InChI is InChI=1S/C24H34N2O7.C24H36N2O5.C11H18O3.C10H12N2O4.C9H10N2O4.C2H6.2CH4O.2CH4.ClH.15H/c1-22(2,3)33-21(29)24(6)13-12-17(23(24,4)5)19(27)25-18(20(28)32-7)14-15-8-10-16(11-9-15)26(30)31;1-22(2,3)31-21(29)24(6)13-12-17(23(24,4)5)19(27)26-18(20(28)30-7)14-15-8-10-16(25)11-9-15;1-7(12)11(4)6-5-8(9(13)14)10(11,2)3;1-16-10(13)9(11)6-7-2-4-8(5-3-7)12(14)15;10-8(9(12)13)5-6-1-3-7(4-2-6)11(14)15;3*1-2;;;;;;;;;;;;;;;;;;/h8-11,17-18H,12-14H2,1-7H3,(H,25,27);8-11,17-18H,12-14,25H2,1-7H3,(H,26,27);8H,5-6H2,1-4H3,(H,13,14);2-5,9H,6,11H2,1H3;1-4,8H,5,10H2,(H,12,13);1-2H3;2*2H,1H3;2*1H4;1H;;;;;;;;;;;;;;;/q;;;;;;;;;;;15*-1/t17-,18?,24+;17-,18+,24+;8-,11+;;;;;;;;;;;;;;;;;;;;;;;/m111......................./s1/i;;;;;;;;;;;15*1+1. The summed E-state index contributed by atoms with van der Waals surface area (Å²) in [5.74, 6) is -6.00. The fraction of sp³-hybridized carbons (Fsp3) is 0.595. The number of carbonyl (C=O) groups is 10. The lowest BCUT2D eigenvalue weighted by molar-refractivity contribution is -0.385. The Morgan fingerprint density at radius 2 is 0.720 bits per heavy atom. The van der Waals surface area contributed by atoms with Crippen LogP contribution in [0.5, 0.6) is 0 Å². The van der Waals surface area contributed by atoms with Crippen LogP contribution in [0.1, 0.15) is 222 Å². The number of Topliss-reactive ketones (excluding diaryl/α,β-unsaturated/α-hetero) is 1. The minimum atomic E-state index is -1.09. The van der Waals surface area contributed by atoms with Gasteiger partial charge in [0.05, 0.1) is 52.8 Å². The van der Waals surface area contributed by atoms with Crippen molar-refractivity contribution in [2.75, 3.05) is 41.3 Å². The first-order valence-electron chi connectivity index (χ1n) is 37.3. The van der Waals surface area contributed by atoms with Crippen LogP contribution in [0.25, 0.3) is 0 Å². The van der Waals surface area contributed by atoms with E-state index in [0.717, 1.165) is 25.3 Å². The molecule has 34 heteroatoms. The molecule has 0 aromatic heterocycles. The molecular weight excluding hydrogens is 1560 g/mol. The summed E-state index contributed by atoms with van der Waals surface area (Å²) in [6, 6.07) is 20.9. The van der Waals surface area contributed by atoms with Crippen molar-refractivity contribution in [1.29, 1.82) is 0 Å². The molecule has 0 saturated heterocycles. The van der Waals surface area contributed by atoms with Crippen LogP contribution in [0.2, 0.25) is 0 Å². The van der Waals surface area contributed by atoms with Crippen molar-refractivity contribution in [2.45, 2.75) is 239 Å². The predicted molar refractivity (Wildman–Crippen MR) is 467 cm³/mol. The molecule has 2 amide bonds. The first kappa shape index (κ1) is 114. The highest BCUT2D eigenvalue weighted by atomic mass is 35.5. The summed E-state index contributed by atoms with van der Waals surface area (Å²) < 4.78 is 25.5. The Labute approximate surface area is 722 Å². The number of carbonyl (C=O) groups excluding carboxylic acids is 8. The summed E-state index contributed by atoms with van der Waals surface area (Å²) in [6.45, 7) is 33.4. The topological polar surface area (TPSA) is 529 Å². The van der Waals surface area contributed by atoms with Crippen LogP contribution >= 0.6 is 12.4 Å². The number of nitrogens with zero attached hydrogens (tertiary/aromatic N) is 3. The van der Waals surface area contributed by atoms with Gasteiger partial charge in [0, 0.05) is 86.4 Å². The number of nitrogen functional groups attached to an aromatic ring is 1. The predicted octanol–water partition coefficient (Wildman–Crippen LogP) is 13.7. The number of esters is 5. The number of nitro benzene ring substituents is 3. The third-order valence-electron chi connectivity index (χ3n) is 21.7. The molecule has 3 unspecified atom stereocenters. The zero-order valence-electron chi connectivity index (χ0n) is 86.2. The number of rotatable bonds is 23. The monoisotopic (exact) mass is 1720 g/mol. The molecule has 7 rings (SSSR count). The number of ether oxygens (including phenoxy) is 5. The average molecular weight is 1720 g/mol. The molecule has 0 aliphatic heterocycles. The number of ketones is 1. The third kappa shape index (κ3) is 32.0. The lowest BCUT2D eigenvalue weighted by atomic mass is 9.64. The van der Waals surface area contributed by atoms with Gasteiger partial charge >= 0.3 is 41.8 Å². The molecule has 12 N–H and O–H groups in total. The van der Waals surface area contributed by atoms with E-state index in [-0.39, 0.29) is 115 Å². The molecular formula is C84H148ClN8O25-15. The number of nitrogens with two attached hydrogens (primary N) is 3. The van der Waals surface area contributed by atoms with Crippen LogP contribution in [0.3, 0.4) is 0 Å². The number of methoxy groups -OCH3 is 3. The fourth-order valence-electron chi connectivity index (χ4n) is 13.4. The van der Waals surface area contributed by atoms with E-state index < -0.39 is 130 Å². The molecule has 0 spiro atoms. The van der Waals surface area contributed by atoms with E-state index in [9.17, 15) is 78.3 Å². The quantitative estimate of drug-likeness (QED) is 0.0109. The van der Waals surface area contributed by atoms with E-state index >= 15 is 0 Å². The molecule has 696 valence electrons. The number of hydrogen-bond acceptors (Lipinski definition) is 26. The van der Waals surface area contributed by atoms with Crippen molar-refractivity contribution in [3.8, 4) is 0 Å². The average Bonchev–Trinajstić information content (AvgIpc) is 1.59. The van der Waals surface area contributed by atoms with Crippen molar-refractivity contribution < 1.29 is 128 Å². The van der Waals surface area contributed by atoms with Crippen LogP contribution in [0.15, 0.2) is 97.1 Å². The van der Waals surface area contributed by atoms with Gasteiger partial charge in [0.1, 0.15) is 41.2 Å². The number of aliphatic hydroxyl groups excluding tert-OH is 2. The number of nitrogens with one attached hydrogen (secondary N) is 2. The Balaban J connectivity index is -0.0000000710. The Morgan fingerprint density at radius 1 is 0.466 bits per heavy atom. The lowest BCUT2D eigenvalue weighted by Crippen LogP contribution is -2.51. The fourth-order valence-corrected chi connectivity index (χ4v) is 13.4. The maximum atomic E-state index is 13.3. The van der Waals surface area contributed by atoms with Crippen LogP contribution in [0.4, 0.5) is 22.7 Å². The van der Waals surface area contributed by atoms with Crippen molar-refractivity contribution in [3.05, 3.63) is 150 Å². The number of hydrogen-bond donors (Lipinski definition) is 9. The maximum absolute atomic E-state index is 13.3. The molecule has 0 radical (unpaired) electrons. The van der Waals surface area contributed by atoms with Gasteiger partial charge in [0.2, 0.25) is 11.8 Å². The molecule has 3 fully saturated rings. The van der Waals surface area contributed by atoms with Crippen LogP contribution in [0, 0.1) is 80.6 Å². The van der Waals surface area contributed by atoms with Gasteiger partial charge in [-0.3, -0.25) is 68.7 Å². The van der Waals surface area contributed by atoms with E-state index in [2.05, 4.69) is 15.4 Å². The number of non-ortho nitro benzene ring substituents is 3. The molecule has 118 heavy (non-hydrogen) atoms. The highest BCUT2D eigenvalue weighted by molar-refractivity contribution is 5.90. The minimum Gasteiger partial charge on any atom is -1.00 e. The number of carboxylic acids is 2. The molecule has 3 saturated carbocycles. The van der Waals surface area contributed by atoms with Gasteiger partial charge in [-0.05, 0) is 164 Å². The summed E-state index contributed by atoms with van der Waals surface area (Å²) in [5.41, 5.74) is 14.8. The summed E-state index contributed by atoms with van der Waals surface area (Å²) in [5, 5.41) is 68.8. The van der Waals surface area contributed by atoms with E-state index in [4.69, 9.17) is 56.6 Å². The minimum absolute atomic E-state index is 0. The smallest absolute Gasteiger partial charge is 0.328 e. The number of aliphatic carboxylic acids is 2. The second-order valence-electron chi connectivity index (χ2n) is 31.9. The Morgan fingerprint density at radius 3 is 0.958 bits per heavy atom. The van der Waals surface area contributed by atoms with Gasteiger partial charge in [-0.1, -0.05) is 126 Å². The first-order chi connectivity index (χ1) is 53.1. The van der Waals surface area contributed by atoms with E-state index in [1.807, 2.05) is 109 Å². The largest absolute Gasteiger partial charge is 1.00 e. The summed E-state index contributed by atoms with van der Waals surface area (Å²) >= 11 is 0. The molecule has 4 aromatic rings. The SMILES string of the molecule is C.C.CC.CC(=O)[C@]1(C)CC[C@H](C(=O)O)C1(C)C.CO.CO.COC(=O)C(Cc1ccc([N+](=O)[O-])cc1)NC(=O)[C@H]1CC[C@@](C)(C(=O)OC(C)(C)C)C1(C)C.COC(=O)C(N)Cc1ccc([N+](=O)[O-])cc1.COC(=O)[C@H](Cc1ccc(N)cc1)NC(=O)[C@H]1CC[C@@](C)(C(=O)OC(C)(C)C)C1(C)C.Cl.NC(Cc1ccc([N+](=O)[O-])cc1)C(=O)O.[2H-].[2H-].[2H-].[2H-].[2H-].[2H-].[2H-].[2H-].[2H-].[2H-].[2H-].[2H-].[2H-].[2H-].[2H-]. The Kier molecular flexibility index (Phi) is 48.4. The van der Waals surface area contributed by atoms with E-state index in [1.54, 1.807) is 64.1 Å². The number of amides is 2. The normalized spacial score (nSPS) is 20.1. The first-order valence-corrected chi connectivity index (χ1v) is 37.3. The molecule has 3 aliphatic carbocycles. The molecule has 10 atom stereocenters. The van der Waals surface area contributed by atoms with Gasteiger partial charge in [-0.2, -0.15) is 0 Å². The number of aliphatic hydroxyl groups is 2. The summed E-state index contributed by atoms with van der Waals surface area (Å²) in [6.07, 6.45) is 4.18. The third-order valence-corrected chi connectivity index (χ3v) is 21.7. The van der Waals surface area contributed by atoms with Gasteiger partial charge in [-0.25, -0.2) is 9.59 Å². The Hall–Kier alpha value is -10.1. The highest BCUT2D eigenvalue weighted by Crippen LogP contribution is 2.59. The number of benzene rings is 4. The van der Waals surface area contributed by atoms with Crippen molar-refractivity contribution in [3.63, 3.8) is 0 Å². The van der Waals surface area contributed by atoms with Crippen molar-refractivity contribution in [2.24, 2.45) is 61.7 Å². The van der Waals surface area contributed by atoms with E-state index in [0.29, 0.717) is 61.8 Å². The van der Waals surface area contributed by atoms with Gasteiger partial charge in [-0.15, -0.1) is 12.4 Å². The zero-order chi connectivity index (χ0) is 89.5. The molecule has 0 heterocycles. The van der Waals surface area contributed by atoms with E-state index in [1.165, 1.54) is 69.9 Å². The molecule has 4 aromatic carbocycles. The zero-order valence-corrected chi connectivity index (χ0v) is 72.0. The summed E-state index contributed by atoms with van der Waals surface area (Å²) in [7, 11) is 5.79. The highest BCUT2D eigenvalue weighted by Gasteiger charge is 2.61. The second kappa shape index (κ2) is 50.0. The molecule has 33 nitrogen and oxygen atoms in total. The van der Waals surface area contributed by atoms with Gasteiger partial charge in [0.15, 0.2) is 0 Å². The number of anilines is 1. The molecule has 3 aliphatic rings. The number of halogens is 1. The van der Waals surface area contributed by atoms with Crippen molar-refractivity contribution >= 4 is 94.5 Å². The van der Waals surface area contributed by atoms with Crippen LogP contribution < -0.4 is 27.8 Å². The van der Waals surface area contributed by atoms with Crippen LogP contribution in [-0.2, 0) is 97.3 Å². The van der Waals surface area contributed by atoms with Gasteiger partial charge in [0.25, 0.3) is 17.1 Å². The summed E-state index contributed by atoms with van der Waals surface area (Å²) in [4.78, 5) is 151. The number of carboxylic acid groups (broad SMARTS) is 2. The number of nitro groups is 3. The van der Waals surface area contributed by atoms with Gasteiger partial charge < -0.3 is 93.3 Å². The maximum Gasteiger partial charge on any atom is 0.328 e. The molecule has 0 bridgehead atoms. The van der Waals surface area contributed by atoms with Crippen molar-refractivity contribution in [1.82, 2.24) is 10.6 Å².